The maximum Gasteiger partial charge on any atom is 0.416 e. The number of fused-ring (bicyclic) bond motifs is 2. The maximum absolute atomic E-state index is 13.4. The molecule has 1 aliphatic heterocycles. The molecule has 156 valence electrons. The Morgan fingerprint density at radius 1 is 1.13 bits per heavy atom. The Balaban J connectivity index is 1.31. The number of hydrogen-bond acceptors (Lipinski definition) is 4. The van der Waals surface area contributed by atoms with Crippen LogP contribution in [0.1, 0.15) is 46.1 Å². The number of alkyl halides is 3. The van der Waals surface area contributed by atoms with Crippen LogP contribution < -0.4 is 0 Å². The van der Waals surface area contributed by atoms with Gasteiger partial charge in [0.1, 0.15) is 0 Å². The molecule has 3 aromatic rings. The minimum absolute atomic E-state index is 0.104. The lowest BCUT2D eigenvalue weighted by Gasteiger charge is -2.21. The first kappa shape index (κ1) is 19.0. The number of nitrogens with zero attached hydrogens (tertiary/aromatic N) is 5. The molecule has 3 atom stereocenters. The molecule has 0 unspecified atom stereocenters. The summed E-state index contributed by atoms with van der Waals surface area (Å²) in [5.74, 6) is 0.477. The summed E-state index contributed by atoms with van der Waals surface area (Å²) in [6, 6.07) is 5.84. The maximum atomic E-state index is 13.4. The molecule has 2 aromatic heterocycles. The molecule has 1 saturated carbocycles. The number of carbonyl (C=O) groups excluding carboxylic acids is 1. The normalized spacial score (nSPS) is 23.9. The number of carbonyl (C=O) groups is 1. The molecule has 6 nitrogen and oxygen atoms in total. The SMILES string of the molecule is Cc1cnc2nc(C(=O)N3C[C@H]4C[C@@H](c5ccccc5C(F)(F)F)C[C@H]4C3)nn2c1. The number of aromatic nitrogens is 4. The summed E-state index contributed by atoms with van der Waals surface area (Å²) in [5, 5.41) is 4.24. The fourth-order valence-corrected chi connectivity index (χ4v) is 4.94. The van der Waals surface area contributed by atoms with Gasteiger partial charge in [0.2, 0.25) is 5.82 Å². The van der Waals surface area contributed by atoms with E-state index in [1.54, 1.807) is 29.4 Å². The van der Waals surface area contributed by atoms with E-state index < -0.39 is 11.7 Å². The molecule has 5 rings (SSSR count). The van der Waals surface area contributed by atoms with Crippen LogP contribution in [0.3, 0.4) is 0 Å². The largest absolute Gasteiger partial charge is 0.416 e. The zero-order valence-electron chi connectivity index (χ0n) is 16.3. The van der Waals surface area contributed by atoms with E-state index in [0.717, 1.165) is 11.6 Å². The summed E-state index contributed by atoms with van der Waals surface area (Å²) in [6.07, 6.45) is 0.379. The predicted octanol–water partition coefficient (Wildman–Crippen LogP) is 3.72. The van der Waals surface area contributed by atoms with Crippen LogP contribution in [0.4, 0.5) is 13.2 Å². The van der Waals surface area contributed by atoms with Crippen molar-refractivity contribution in [3.63, 3.8) is 0 Å². The first-order chi connectivity index (χ1) is 14.3. The molecule has 1 amide bonds. The van der Waals surface area contributed by atoms with Crippen molar-refractivity contribution in [1.29, 1.82) is 0 Å². The van der Waals surface area contributed by atoms with E-state index in [9.17, 15) is 18.0 Å². The van der Waals surface area contributed by atoms with Crippen LogP contribution in [0.15, 0.2) is 36.7 Å². The highest BCUT2D eigenvalue weighted by molar-refractivity contribution is 5.91. The number of hydrogen-bond donors (Lipinski definition) is 0. The van der Waals surface area contributed by atoms with E-state index in [1.807, 2.05) is 6.92 Å². The fourth-order valence-electron chi connectivity index (χ4n) is 4.94. The molecule has 2 aliphatic rings. The molecule has 1 saturated heterocycles. The summed E-state index contributed by atoms with van der Waals surface area (Å²) in [6.45, 7) is 2.93. The summed E-state index contributed by atoms with van der Waals surface area (Å²) in [4.78, 5) is 23.0. The molecule has 0 N–H and O–H groups in total. The first-order valence-corrected chi connectivity index (χ1v) is 9.94. The average Bonchev–Trinajstić information content (AvgIpc) is 3.39. The third-order valence-corrected chi connectivity index (χ3v) is 6.26. The highest BCUT2D eigenvalue weighted by Gasteiger charge is 2.45. The van der Waals surface area contributed by atoms with Crippen molar-refractivity contribution in [2.75, 3.05) is 13.1 Å². The zero-order valence-corrected chi connectivity index (χ0v) is 16.3. The van der Waals surface area contributed by atoms with Gasteiger partial charge in [0.05, 0.1) is 5.56 Å². The van der Waals surface area contributed by atoms with Gasteiger partial charge in [-0.25, -0.2) is 9.50 Å². The van der Waals surface area contributed by atoms with Gasteiger partial charge in [-0.3, -0.25) is 4.79 Å². The van der Waals surface area contributed by atoms with Crippen LogP contribution in [0, 0.1) is 18.8 Å². The number of rotatable bonds is 2. The lowest BCUT2D eigenvalue weighted by molar-refractivity contribution is -0.138. The summed E-state index contributed by atoms with van der Waals surface area (Å²) < 4.78 is 41.6. The van der Waals surface area contributed by atoms with Gasteiger partial charge >= 0.3 is 6.18 Å². The Bertz CT molecular complexity index is 1110. The average molecular weight is 415 g/mol. The molecule has 0 radical (unpaired) electrons. The molecule has 2 fully saturated rings. The van der Waals surface area contributed by atoms with Crippen molar-refractivity contribution in [3.05, 3.63) is 59.2 Å². The predicted molar refractivity (Wildman–Crippen MR) is 102 cm³/mol. The summed E-state index contributed by atoms with van der Waals surface area (Å²) >= 11 is 0. The number of halogens is 3. The molecule has 1 aromatic carbocycles. The van der Waals surface area contributed by atoms with E-state index in [4.69, 9.17) is 0 Å². The number of likely N-dealkylation sites (tertiary alicyclic amines) is 1. The minimum Gasteiger partial charge on any atom is -0.335 e. The second-order valence-corrected chi connectivity index (χ2v) is 8.29. The molecular formula is C21H20F3N5O. The quantitative estimate of drug-likeness (QED) is 0.640. The Morgan fingerprint density at radius 3 is 2.53 bits per heavy atom. The van der Waals surface area contributed by atoms with Crippen molar-refractivity contribution >= 4 is 11.7 Å². The molecule has 9 heteroatoms. The van der Waals surface area contributed by atoms with Gasteiger partial charge in [-0.15, -0.1) is 5.10 Å². The van der Waals surface area contributed by atoms with Gasteiger partial charge in [0.25, 0.3) is 11.7 Å². The van der Waals surface area contributed by atoms with Crippen LogP contribution in [-0.2, 0) is 6.18 Å². The van der Waals surface area contributed by atoms with Crippen molar-refractivity contribution in [2.24, 2.45) is 11.8 Å². The number of aryl methyl sites for hydroxylation is 1. The standard InChI is InChI=1S/C21H20F3N5O/c1-12-8-25-20-26-18(27-29(20)9-12)19(30)28-10-14-6-13(7-15(14)11-28)16-4-2-3-5-17(16)21(22,23)24/h2-5,8-9,13-15H,6-7,10-11H2,1H3/t13-,14-,15+. The number of amides is 1. The molecule has 0 spiro atoms. The van der Waals surface area contributed by atoms with Crippen LogP contribution in [0.25, 0.3) is 5.78 Å². The third-order valence-electron chi connectivity index (χ3n) is 6.26. The summed E-state index contributed by atoms with van der Waals surface area (Å²) in [5.41, 5.74) is 0.743. The fraction of sp³-hybridized carbons (Fsp3) is 0.429. The van der Waals surface area contributed by atoms with Gasteiger partial charge < -0.3 is 4.90 Å². The lowest BCUT2D eigenvalue weighted by Crippen LogP contribution is -2.30. The molecule has 0 bridgehead atoms. The highest BCUT2D eigenvalue weighted by atomic mass is 19.4. The number of benzene rings is 1. The van der Waals surface area contributed by atoms with Crippen molar-refractivity contribution in [3.8, 4) is 0 Å². The van der Waals surface area contributed by atoms with E-state index >= 15 is 0 Å². The van der Waals surface area contributed by atoms with E-state index in [0.29, 0.717) is 37.3 Å². The van der Waals surface area contributed by atoms with Gasteiger partial charge in [0, 0.05) is 25.5 Å². The molecule has 1 aliphatic carbocycles. The second-order valence-electron chi connectivity index (χ2n) is 8.29. The highest BCUT2D eigenvalue weighted by Crippen LogP contribution is 2.48. The Morgan fingerprint density at radius 2 is 1.83 bits per heavy atom. The van der Waals surface area contributed by atoms with Gasteiger partial charge in [-0.05, 0) is 54.7 Å². The van der Waals surface area contributed by atoms with Gasteiger partial charge in [0.15, 0.2) is 0 Å². The van der Waals surface area contributed by atoms with E-state index in [-0.39, 0.29) is 29.5 Å². The zero-order chi connectivity index (χ0) is 21.0. The van der Waals surface area contributed by atoms with Crippen molar-refractivity contribution in [1.82, 2.24) is 24.5 Å². The Hall–Kier alpha value is -2.97. The van der Waals surface area contributed by atoms with Crippen LogP contribution in [-0.4, -0.2) is 43.5 Å². The van der Waals surface area contributed by atoms with E-state index in [1.165, 1.54) is 10.6 Å². The third kappa shape index (κ3) is 3.22. The monoisotopic (exact) mass is 415 g/mol. The summed E-state index contributed by atoms with van der Waals surface area (Å²) in [7, 11) is 0. The topological polar surface area (TPSA) is 63.4 Å². The first-order valence-electron chi connectivity index (χ1n) is 9.94. The Kier molecular flexibility index (Phi) is 4.30. The Labute approximate surface area is 170 Å². The minimum atomic E-state index is -4.35. The van der Waals surface area contributed by atoms with E-state index in [2.05, 4.69) is 15.1 Å². The van der Waals surface area contributed by atoms with Crippen molar-refractivity contribution < 1.29 is 18.0 Å². The molecule has 30 heavy (non-hydrogen) atoms. The van der Waals surface area contributed by atoms with Gasteiger partial charge in [-0.1, -0.05) is 18.2 Å². The van der Waals surface area contributed by atoms with Crippen LogP contribution in [0.5, 0.6) is 0 Å². The second kappa shape index (κ2) is 6.78. The smallest absolute Gasteiger partial charge is 0.335 e. The molecule has 3 heterocycles. The van der Waals surface area contributed by atoms with Crippen LogP contribution in [0.2, 0.25) is 0 Å². The van der Waals surface area contributed by atoms with Gasteiger partial charge in [-0.2, -0.15) is 18.2 Å². The lowest BCUT2D eigenvalue weighted by atomic mass is 9.91. The molecular weight excluding hydrogens is 395 g/mol. The van der Waals surface area contributed by atoms with Crippen LogP contribution >= 0.6 is 0 Å². The van der Waals surface area contributed by atoms with Crippen molar-refractivity contribution in [2.45, 2.75) is 31.9 Å².